The molecule has 3 aromatic heterocycles. The predicted molar refractivity (Wildman–Crippen MR) is 116 cm³/mol. The molecule has 0 radical (unpaired) electrons. The van der Waals surface area contributed by atoms with E-state index in [-0.39, 0.29) is 30.2 Å². The van der Waals surface area contributed by atoms with E-state index in [4.69, 9.17) is 5.73 Å². The van der Waals surface area contributed by atoms with E-state index >= 15 is 0 Å². The zero-order valence-corrected chi connectivity index (χ0v) is 18.1. The Labute approximate surface area is 182 Å². The first-order valence-electron chi connectivity index (χ1n) is 10.0. The second kappa shape index (κ2) is 8.54. The second-order valence-corrected chi connectivity index (χ2v) is 9.10. The summed E-state index contributed by atoms with van der Waals surface area (Å²) in [6, 6.07) is 3.00. The number of halogens is 1. The monoisotopic (exact) mass is 442 g/mol. The number of nitrogens with two attached hydrogens (primary N) is 1. The number of pyridine rings is 1. The number of nitrogens with zero attached hydrogens (tertiary/aromatic N) is 4. The van der Waals surface area contributed by atoms with Gasteiger partial charge in [0.25, 0.3) is 5.91 Å². The molecule has 2 atom stereocenters. The van der Waals surface area contributed by atoms with Gasteiger partial charge in [0.2, 0.25) is 11.9 Å². The maximum absolute atomic E-state index is 13.5. The Morgan fingerprint density at radius 1 is 1.35 bits per heavy atom. The topological polar surface area (TPSA) is 114 Å². The van der Waals surface area contributed by atoms with Gasteiger partial charge < -0.3 is 16.0 Å². The number of nitrogens with one attached hydrogen (secondary N) is 1. The van der Waals surface area contributed by atoms with Crippen LogP contribution in [-0.4, -0.2) is 44.8 Å². The van der Waals surface area contributed by atoms with Gasteiger partial charge in [-0.2, -0.15) is 0 Å². The smallest absolute Gasteiger partial charge is 0.274 e. The van der Waals surface area contributed by atoms with Crippen LogP contribution in [0, 0.1) is 18.7 Å². The van der Waals surface area contributed by atoms with Crippen molar-refractivity contribution in [3.05, 3.63) is 46.5 Å². The molecule has 1 saturated heterocycles. The maximum Gasteiger partial charge on any atom is 0.274 e. The van der Waals surface area contributed by atoms with Crippen LogP contribution in [0.3, 0.4) is 0 Å². The molecular formula is C21H23FN6O2S. The molecule has 162 valence electrons. The SMILES string of the molecule is Cc1cc2nc(N[C@@H](C)c3cncc(F)c3)nc(C(=O)N3CC[C@@H](CC(N)=O)C3)c2s1. The fraction of sp³-hybridized carbons (Fsp3) is 0.381. The lowest BCUT2D eigenvalue weighted by atomic mass is 10.1. The van der Waals surface area contributed by atoms with E-state index in [1.165, 1.54) is 17.4 Å². The van der Waals surface area contributed by atoms with Gasteiger partial charge in [-0.15, -0.1) is 11.3 Å². The highest BCUT2D eigenvalue weighted by Gasteiger charge is 2.30. The zero-order chi connectivity index (χ0) is 22.1. The Bertz CT molecular complexity index is 1150. The third kappa shape index (κ3) is 4.63. The number of hydrogen-bond donors (Lipinski definition) is 2. The van der Waals surface area contributed by atoms with Gasteiger partial charge in [0, 0.05) is 30.6 Å². The number of thiophene rings is 1. The Hall–Kier alpha value is -3.14. The average molecular weight is 443 g/mol. The summed E-state index contributed by atoms with van der Waals surface area (Å²) >= 11 is 1.47. The molecule has 3 aromatic rings. The second-order valence-electron chi connectivity index (χ2n) is 7.85. The van der Waals surface area contributed by atoms with Crippen molar-refractivity contribution in [2.24, 2.45) is 11.7 Å². The molecule has 10 heteroatoms. The van der Waals surface area contributed by atoms with Crippen molar-refractivity contribution in [2.45, 2.75) is 32.7 Å². The molecule has 0 aromatic carbocycles. The lowest BCUT2D eigenvalue weighted by Gasteiger charge is -2.18. The van der Waals surface area contributed by atoms with Gasteiger partial charge in [-0.1, -0.05) is 0 Å². The normalized spacial score (nSPS) is 17.1. The molecule has 1 aliphatic heterocycles. The summed E-state index contributed by atoms with van der Waals surface area (Å²) < 4.78 is 14.3. The van der Waals surface area contributed by atoms with Gasteiger partial charge in [-0.05, 0) is 43.9 Å². The molecular weight excluding hydrogens is 419 g/mol. The van der Waals surface area contributed by atoms with Crippen LogP contribution in [0.25, 0.3) is 10.2 Å². The fourth-order valence-corrected chi connectivity index (χ4v) is 4.75. The summed E-state index contributed by atoms with van der Waals surface area (Å²) in [7, 11) is 0. The number of fused-ring (bicyclic) bond motifs is 1. The minimum absolute atomic E-state index is 0.0712. The molecule has 2 amide bonds. The molecule has 31 heavy (non-hydrogen) atoms. The Morgan fingerprint density at radius 2 is 2.16 bits per heavy atom. The van der Waals surface area contributed by atoms with Crippen LogP contribution in [-0.2, 0) is 4.79 Å². The average Bonchev–Trinajstić information content (AvgIpc) is 3.32. The summed E-state index contributed by atoms with van der Waals surface area (Å²) in [5.41, 5.74) is 6.96. The molecule has 1 fully saturated rings. The third-order valence-electron chi connectivity index (χ3n) is 5.33. The minimum Gasteiger partial charge on any atom is -0.370 e. The summed E-state index contributed by atoms with van der Waals surface area (Å²) in [5.74, 6) is -0.610. The van der Waals surface area contributed by atoms with E-state index in [9.17, 15) is 14.0 Å². The van der Waals surface area contributed by atoms with Crippen LogP contribution in [0.5, 0.6) is 0 Å². The van der Waals surface area contributed by atoms with Crippen LogP contribution in [0.15, 0.2) is 24.5 Å². The highest BCUT2D eigenvalue weighted by Crippen LogP contribution is 2.30. The van der Waals surface area contributed by atoms with Gasteiger partial charge in [0.15, 0.2) is 5.69 Å². The van der Waals surface area contributed by atoms with Crippen LogP contribution in [0.2, 0.25) is 0 Å². The third-order valence-corrected chi connectivity index (χ3v) is 6.38. The van der Waals surface area contributed by atoms with Crippen molar-refractivity contribution in [3.8, 4) is 0 Å². The Balaban J connectivity index is 1.62. The van der Waals surface area contributed by atoms with Gasteiger partial charge in [-0.3, -0.25) is 14.6 Å². The van der Waals surface area contributed by atoms with Crippen molar-refractivity contribution in [1.82, 2.24) is 19.9 Å². The lowest BCUT2D eigenvalue weighted by molar-refractivity contribution is -0.118. The first-order valence-corrected chi connectivity index (χ1v) is 10.8. The number of hydrogen-bond acceptors (Lipinski definition) is 7. The van der Waals surface area contributed by atoms with Crippen LogP contribution >= 0.6 is 11.3 Å². The Kier molecular flexibility index (Phi) is 5.81. The number of aromatic nitrogens is 3. The van der Waals surface area contributed by atoms with Crippen LogP contribution < -0.4 is 11.1 Å². The molecule has 8 nitrogen and oxygen atoms in total. The standard InChI is InChI=1S/C21H23FN6O2S/c1-11-5-16-19(31-11)18(20(30)28-4-3-13(10-28)6-17(23)29)27-21(26-16)25-12(2)14-7-15(22)9-24-8-14/h5,7-9,12-13H,3-4,6,10H2,1-2H3,(H2,23,29)(H,25,26,27)/t12-,13-/m0/s1. The summed E-state index contributed by atoms with van der Waals surface area (Å²) in [4.78, 5) is 40.2. The highest BCUT2D eigenvalue weighted by molar-refractivity contribution is 7.19. The first kappa shape index (κ1) is 21.1. The van der Waals surface area contributed by atoms with Gasteiger partial charge >= 0.3 is 0 Å². The van der Waals surface area contributed by atoms with Crippen molar-refractivity contribution in [2.75, 3.05) is 18.4 Å². The minimum atomic E-state index is -0.425. The van der Waals surface area contributed by atoms with Gasteiger partial charge in [0.05, 0.1) is 22.5 Å². The molecule has 1 aliphatic rings. The van der Waals surface area contributed by atoms with E-state index < -0.39 is 5.82 Å². The van der Waals surface area contributed by atoms with Crippen LogP contribution in [0.4, 0.5) is 10.3 Å². The van der Waals surface area contributed by atoms with E-state index in [0.717, 1.165) is 22.2 Å². The number of primary amides is 1. The number of rotatable bonds is 6. The molecule has 4 rings (SSSR count). The van der Waals surface area contributed by atoms with Gasteiger partial charge in [-0.25, -0.2) is 14.4 Å². The predicted octanol–water partition coefficient (Wildman–Crippen LogP) is 3.04. The molecule has 0 aliphatic carbocycles. The highest BCUT2D eigenvalue weighted by atomic mass is 32.1. The number of aryl methyl sites for hydroxylation is 1. The molecule has 0 unspecified atom stereocenters. The maximum atomic E-state index is 13.5. The zero-order valence-electron chi connectivity index (χ0n) is 17.3. The first-order chi connectivity index (χ1) is 14.8. The molecule has 3 N–H and O–H groups in total. The Morgan fingerprint density at radius 3 is 2.90 bits per heavy atom. The fourth-order valence-electron chi connectivity index (χ4n) is 3.82. The van der Waals surface area contributed by atoms with Crippen molar-refractivity contribution in [1.29, 1.82) is 0 Å². The van der Waals surface area contributed by atoms with Crippen molar-refractivity contribution in [3.63, 3.8) is 0 Å². The molecule has 0 bridgehead atoms. The van der Waals surface area contributed by atoms with Gasteiger partial charge in [0.1, 0.15) is 5.82 Å². The van der Waals surface area contributed by atoms with Crippen LogP contribution in [0.1, 0.15) is 46.7 Å². The van der Waals surface area contributed by atoms with E-state index in [2.05, 4.69) is 20.3 Å². The number of anilines is 1. The summed E-state index contributed by atoms with van der Waals surface area (Å²) in [6.45, 7) is 4.83. The van der Waals surface area contributed by atoms with E-state index in [0.29, 0.717) is 35.8 Å². The lowest BCUT2D eigenvalue weighted by Crippen LogP contribution is -2.30. The number of likely N-dealkylation sites (tertiary alicyclic amines) is 1. The van der Waals surface area contributed by atoms with Crippen molar-refractivity contribution < 1.29 is 14.0 Å². The molecule has 4 heterocycles. The van der Waals surface area contributed by atoms with Crippen molar-refractivity contribution >= 4 is 39.3 Å². The number of carbonyl (C=O) groups excluding carboxylic acids is 2. The van der Waals surface area contributed by atoms with E-state index in [1.807, 2.05) is 19.9 Å². The molecule has 0 saturated carbocycles. The largest absolute Gasteiger partial charge is 0.370 e. The summed E-state index contributed by atoms with van der Waals surface area (Å²) in [5, 5.41) is 3.15. The van der Waals surface area contributed by atoms with E-state index in [1.54, 1.807) is 11.1 Å². The number of carbonyl (C=O) groups is 2. The molecule has 0 spiro atoms. The summed E-state index contributed by atoms with van der Waals surface area (Å²) in [6.07, 6.45) is 3.72. The quantitative estimate of drug-likeness (QED) is 0.606. The number of amides is 2.